The van der Waals surface area contributed by atoms with E-state index in [0.717, 1.165) is 13.1 Å². The Morgan fingerprint density at radius 1 is 1.47 bits per heavy atom. The molecule has 0 spiro atoms. The van der Waals surface area contributed by atoms with Gasteiger partial charge >= 0.3 is 0 Å². The lowest BCUT2D eigenvalue weighted by Crippen LogP contribution is -2.22. The Labute approximate surface area is 90.8 Å². The van der Waals surface area contributed by atoms with Crippen molar-refractivity contribution in [2.24, 2.45) is 0 Å². The van der Waals surface area contributed by atoms with Crippen molar-refractivity contribution in [2.75, 3.05) is 25.5 Å². The number of benzene rings is 1. The molecule has 1 aromatic rings. The van der Waals surface area contributed by atoms with E-state index in [4.69, 9.17) is 4.74 Å². The molecule has 0 bridgehead atoms. The number of anilines is 1. The Bertz CT molecular complexity index is 308. The Hall–Kier alpha value is -1.06. The number of methoxy groups -OCH3 is 1. The van der Waals surface area contributed by atoms with Gasteiger partial charge in [0, 0.05) is 30.9 Å². The Morgan fingerprint density at radius 3 is 3.07 bits per heavy atom. The highest BCUT2D eigenvalue weighted by atomic mass is 16.5. The van der Waals surface area contributed by atoms with E-state index in [1.807, 2.05) is 6.07 Å². The normalized spacial score (nSPS) is 20.5. The maximum absolute atomic E-state index is 5.18. The van der Waals surface area contributed by atoms with E-state index < -0.39 is 0 Å². The summed E-state index contributed by atoms with van der Waals surface area (Å²) in [6.45, 7) is 2.84. The van der Waals surface area contributed by atoms with E-state index in [1.54, 1.807) is 7.11 Å². The summed E-state index contributed by atoms with van der Waals surface area (Å²) in [6, 6.07) is 8.89. The second kappa shape index (κ2) is 5.14. The van der Waals surface area contributed by atoms with Crippen molar-refractivity contribution in [3.8, 4) is 0 Å². The lowest BCUT2D eigenvalue weighted by atomic mass is 10.1. The van der Waals surface area contributed by atoms with Gasteiger partial charge in [-0.2, -0.15) is 0 Å². The molecule has 0 aliphatic carbocycles. The second-order valence-electron chi connectivity index (χ2n) is 3.92. The van der Waals surface area contributed by atoms with Crippen molar-refractivity contribution in [3.05, 3.63) is 29.8 Å². The summed E-state index contributed by atoms with van der Waals surface area (Å²) in [5.41, 5.74) is 2.43. The third-order valence-electron chi connectivity index (χ3n) is 2.74. The molecule has 0 radical (unpaired) electrons. The summed E-state index contributed by atoms with van der Waals surface area (Å²) in [5, 5.41) is 6.90. The molecule has 2 N–H and O–H groups in total. The van der Waals surface area contributed by atoms with Gasteiger partial charge in [0.15, 0.2) is 0 Å². The van der Waals surface area contributed by atoms with Crippen LogP contribution in [0.5, 0.6) is 0 Å². The molecule has 82 valence electrons. The van der Waals surface area contributed by atoms with Gasteiger partial charge in [-0.3, -0.25) is 0 Å². The molecule has 1 heterocycles. The topological polar surface area (TPSA) is 33.3 Å². The summed E-state index contributed by atoms with van der Waals surface area (Å²) in [6.07, 6.45) is 1.20. The van der Waals surface area contributed by atoms with Crippen LogP contribution in [-0.4, -0.2) is 26.2 Å². The molecule has 0 amide bonds. The van der Waals surface area contributed by atoms with Gasteiger partial charge in [-0.15, -0.1) is 0 Å². The van der Waals surface area contributed by atoms with Crippen LogP contribution in [-0.2, 0) is 11.3 Å². The first-order valence-corrected chi connectivity index (χ1v) is 5.44. The van der Waals surface area contributed by atoms with Crippen molar-refractivity contribution in [2.45, 2.75) is 19.1 Å². The molecule has 1 fully saturated rings. The zero-order chi connectivity index (χ0) is 10.5. The Balaban J connectivity index is 2.05. The zero-order valence-electron chi connectivity index (χ0n) is 9.12. The Kier molecular flexibility index (Phi) is 3.59. The number of hydrogen-bond acceptors (Lipinski definition) is 3. The van der Waals surface area contributed by atoms with Crippen molar-refractivity contribution >= 4 is 5.69 Å². The summed E-state index contributed by atoms with van der Waals surface area (Å²) in [5.74, 6) is 0. The fourth-order valence-electron chi connectivity index (χ4n) is 1.94. The monoisotopic (exact) mass is 206 g/mol. The van der Waals surface area contributed by atoms with E-state index >= 15 is 0 Å². The van der Waals surface area contributed by atoms with Crippen LogP contribution >= 0.6 is 0 Å². The molecule has 0 saturated carbocycles. The van der Waals surface area contributed by atoms with Crippen LogP contribution < -0.4 is 10.6 Å². The standard InChI is InChI=1S/C12H18N2O/c1-15-9-10-4-2-3-5-12(10)14-11-6-7-13-8-11/h2-5,11,13-14H,6-9H2,1H3. The van der Waals surface area contributed by atoms with Crippen LogP contribution in [0.1, 0.15) is 12.0 Å². The number of nitrogens with one attached hydrogen (secondary N) is 2. The third kappa shape index (κ3) is 2.70. The molecule has 2 rings (SSSR count). The van der Waals surface area contributed by atoms with Gasteiger partial charge in [-0.1, -0.05) is 18.2 Å². The SMILES string of the molecule is COCc1ccccc1NC1CCNC1. The van der Waals surface area contributed by atoms with E-state index in [1.165, 1.54) is 17.7 Å². The maximum atomic E-state index is 5.18. The lowest BCUT2D eigenvalue weighted by molar-refractivity contribution is 0.185. The average molecular weight is 206 g/mol. The minimum absolute atomic E-state index is 0.558. The van der Waals surface area contributed by atoms with Crippen LogP contribution in [0.4, 0.5) is 5.69 Å². The zero-order valence-corrected chi connectivity index (χ0v) is 9.12. The lowest BCUT2D eigenvalue weighted by Gasteiger charge is -2.16. The molecule has 1 saturated heterocycles. The quantitative estimate of drug-likeness (QED) is 0.785. The van der Waals surface area contributed by atoms with Gasteiger partial charge in [0.1, 0.15) is 0 Å². The molecule has 1 aliphatic heterocycles. The van der Waals surface area contributed by atoms with Gasteiger partial charge in [0.2, 0.25) is 0 Å². The van der Waals surface area contributed by atoms with Crippen LogP contribution in [0.3, 0.4) is 0 Å². The molecule has 3 heteroatoms. The molecular formula is C12H18N2O. The molecule has 1 aliphatic rings. The van der Waals surface area contributed by atoms with Crippen LogP contribution in [0.2, 0.25) is 0 Å². The van der Waals surface area contributed by atoms with Gasteiger partial charge in [-0.05, 0) is 19.0 Å². The highest BCUT2D eigenvalue weighted by Gasteiger charge is 2.14. The fourth-order valence-corrected chi connectivity index (χ4v) is 1.94. The molecule has 0 aromatic heterocycles. The summed E-state index contributed by atoms with van der Waals surface area (Å²) >= 11 is 0. The summed E-state index contributed by atoms with van der Waals surface area (Å²) < 4.78 is 5.18. The number of hydrogen-bond donors (Lipinski definition) is 2. The summed E-state index contributed by atoms with van der Waals surface area (Å²) in [4.78, 5) is 0. The van der Waals surface area contributed by atoms with E-state index in [-0.39, 0.29) is 0 Å². The third-order valence-corrected chi connectivity index (χ3v) is 2.74. The summed E-state index contributed by atoms with van der Waals surface area (Å²) in [7, 11) is 1.73. The van der Waals surface area contributed by atoms with Crippen LogP contribution in [0.15, 0.2) is 24.3 Å². The van der Waals surface area contributed by atoms with Crippen molar-refractivity contribution in [1.82, 2.24) is 5.32 Å². The van der Waals surface area contributed by atoms with E-state index in [0.29, 0.717) is 12.6 Å². The van der Waals surface area contributed by atoms with Crippen molar-refractivity contribution < 1.29 is 4.74 Å². The molecular weight excluding hydrogens is 188 g/mol. The van der Waals surface area contributed by atoms with Crippen LogP contribution in [0, 0.1) is 0 Å². The predicted molar refractivity (Wildman–Crippen MR) is 62.1 cm³/mol. The Morgan fingerprint density at radius 2 is 2.33 bits per heavy atom. The van der Waals surface area contributed by atoms with E-state index in [2.05, 4.69) is 28.8 Å². The highest BCUT2D eigenvalue weighted by molar-refractivity contribution is 5.51. The number of rotatable bonds is 4. The molecule has 3 nitrogen and oxygen atoms in total. The van der Waals surface area contributed by atoms with Gasteiger partial charge in [-0.25, -0.2) is 0 Å². The van der Waals surface area contributed by atoms with Crippen molar-refractivity contribution in [1.29, 1.82) is 0 Å². The van der Waals surface area contributed by atoms with Crippen LogP contribution in [0.25, 0.3) is 0 Å². The highest BCUT2D eigenvalue weighted by Crippen LogP contribution is 2.18. The number of ether oxygens (including phenoxy) is 1. The predicted octanol–water partition coefficient (Wildman–Crippen LogP) is 1.61. The maximum Gasteiger partial charge on any atom is 0.0733 e. The van der Waals surface area contributed by atoms with Gasteiger partial charge in [0.05, 0.1) is 6.61 Å². The smallest absolute Gasteiger partial charge is 0.0733 e. The number of para-hydroxylation sites is 1. The first-order valence-electron chi connectivity index (χ1n) is 5.44. The minimum Gasteiger partial charge on any atom is -0.381 e. The van der Waals surface area contributed by atoms with Gasteiger partial charge < -0.3 is 15.4 Å². The molecule has 1 aromatic carbocycles. The first kappa shape index (κ1) is 10.5. The minimum atomic E-state index is 0.558. The van der Waals surface area contributed by atoms with Gasteiger partial charge in [0.25, 0.3) is 0 Å². The average Bonchev–Trinajstić information content (AvgIpc) is 2.74. The largest absolute Gasteiger partial charge is 0.381 e. The second-order valence-corrected chi connectivity index (χ2v) is 3.92. The molecule has 15 heavy (non-hydrogen) atoms. The molecule has 1 unspecified atom stereocenters. The fraction of sp³-hybridized carbons (Fsp3) is 0.500. The van der Waals surface area contributed by atoms with Crippen molar-refractivity contribution in [3.63, 3.8) is 0 Å². The molecule has 1 atom stereocenters. The van der Waals surface area contributed by atoms with E-state index in [9.17, 15) is 0 Å². The first-order chi connectivity index (χ1) is 7.40.